The third kappa shape index (κ3) is 7.60. The largest absolute Gasteiger partial charge is 0.465 e. The van der Waals surface area contributed by atoms with Gasteiger partial charge in [-0.3, -0.25) is 19.4 Å². The minimum atomic E-state index is -1.41. The van der Waals surface area contributed by atoms with Gasteiger partial charge in [0.05, 0.1) is 24.0 Å². The van der Waals surface area contributed by atoms with Crippen LogP contribution in [0.5, 0.6) is 0 Å². The van der Waals surface area contributed by atoms with E-state index in [0.29, 0.717) is 17.0 Å². The van der Waals surface area contributed by atoms with E-state index in [1.54, 1.807) is 20.2 Å². The van der Waals surface area contributed by atoms with E-state index >= 15 is 0 Å². The Bertz CT molecular complexity index is 1500. The van der Waals surface area contributed by atoms with Crippen molar-refractivity contribution in [2.75, 3.05) is 19.4 Å². The number of halogens is 1. The van der Waals surface area contributed by atoms with E-state index < -0.39 is 29.4 Å². The van der Waals surface area contributed by atoms with Crippen molar-refractivity contribution < 1.29 is 23.9 Å². The number of carbonyl (C=O) groups excluding carboxylic acids is 2. The number of hydrogen-bond donors (Lipinski definition) is 4. The second-order valence-electron chi connectivity index (χ2n) is 9.18. The van der Waals surface area contributed by atoms with Gasteiger partial charge in [0.2, 0.25) is 11.8 Å². The van der Waals surface area contributed by atoms with Gasteiger partial charge >= 0.3 is 6.09 Å². The minimum absolute atomic E-state index is 0.0492. The van der Waals surface area contributed by atoms with Crippen LogP contribution in [0.4, 0.5) is 14.9 Å². The van der Waals surface area contributed by atoms with Crippen LogP contribution in [0.25, 0.3) is 17.1 Å². The highest BCUT2D eigenvalue weighted by molar-refractivity contribution is 5.96. The van der Waals surface area contributed by atoms with Crippen LogP contribution in [-0.2, 0) is 16.1 Å². The fourth-order valence-electron chi connectivity index (χ4n) is 3.64. The maximum absolute atomic E-state index is 14.3. The Morgan fingerprint density at radius 2 is 2.03 bits per heavy atom. The van der Waals surface area contributed by atoms with E-state index in [2.05, 4.69) is 25.6 Å². The molecule has 3 heterocycles. The number of fused-ring (bicyclic) bond motifs is 1. The highest BCUT2D eigenvalue weighted by Crippen LogP contribution is 2.20. The zero-order valence-corrected chi connectivity index (χ0v) is 22.0. The Morgan fingerprint density at radius 1 is 1.28 bits per heavy atom. The molecule has 0 bridgehead atoms. The number of aromatic amines is 1. The van der Waals surface area contributed by atoms with Crippen LogP contribution in [0.1, 0.15) is 38.2 Å². The lowest BCUT2D eigenvalue weighted by molar-refractivity contribution is -0.123. The summed E-state index contributed by atoms with van der Waals surface area (Å²) in [7, 11) is 3.18. The van der Waals surface area contributed by atoms with Crippen LogP contribution < -0.4 is 16.2 Å². The summed E-state index contributed by atoms with van der Waals surface area (Å²) in [6.07, 6.45) is 6.10. The van der Waals surface area contributed by atoms with E-state index in [-0.39, 0.29) is 36.5 Å². The van der Waals surface area contributed by atoms with Gasteiger partial charge in [-0.2, -0.15) is 0 Å². The van der Waals surface area contributed by atoms with Crippen LogP contribution in [0, 0.1) is 5.82 Å². The van der Waals surface area contributed by atoms with Crippen LogP contribution in [0.2, 0.25) is 0 Å². The van der Waals surface area contributed by atoms with Crippen molar-refractivity contribution in [3.05, 3.63) is 69.9 Å². The minimum Gasteiger partial charge on any atom is -0.465 e. The van der Waals surface area contributed by atoms with Gasteiger partial charge in [-0.25, -0.2) is 14.2 Å². The first kappa shape index (κ1) is 28.8. The molecule has 12 nitrogen and oxygen atoms in total. The van der Waals surface area contributed by atoms with Crippen LogP contribution >= 0.6 is 0 Å². The van der Waals surface area contributed by atoms with E-state index in [4.69, 9.17) is 5.11 Å². The van der Waals surface area contributed by atoms with Crippen molar-refractivity contribution in [1.29, 1.82) is 0 Å². The topological polar surface area (TPSA) is 162 Å². The number of hydrogen-bond acceptors (Lipinski definition) is 6. The summed E-state index contributed by atoms with van der Waals surface area (Å²) < 4.78 is 15.6. The molecule has 0 aromatic carbocycles. The first-order valence-electron chi connectivity index (χ1n) is 12.0. The molecule has 0 aliphatic rings. The van der Waals surface area contributed by atoms with Gasteiger partial charge in [0.15, 0.2) is 5.82 Å². The normalized spacial score (nSPS) is 11.8. The van der Waals surface area contributed by atoms with Gasteiger partial charge in [0.1, 0.15) is 23.1 Å². The number of H-pyrrole nitrogens is 1. The fraction of sp³-hybridized carbons (Fsp3) is 0.308. The molecular formula is C26H30FN7O5. The van der Waals surface area contributed by atoms with Crippen molar-refractivity contribution in [2.24, 2.45) is 0 Å². The molecule has 0 aliphatic carbocycles. The Kier molecular flexibility index (Phi) is 9.31. The maximum atomic E-state index is 14.3. The van der Waals surface area contributed by atoms with Gasteiger partial charge in [-0.05, 0) is 51.0 Å². The van der Waals surface area contributed by atoms with E-state index in [1.165, 1.54) is 39.9 Å². The lowest BCUT2D eigenvalue weighted by Gasteiger charge is -2.16. The lowest BCUT2D eigenvalue weighted by Crippen LogP contribution is -2.44. The second-order valence-corrected chi connectivity index (χ2v) is 9.18. The molecule has 3 aromatic rings. The summed E-state index contributed by atoms with van der Waals surface area (Å²) in [4.78, 5) is 61.5. The van der Waals surface area contributed by atoms with E-state index in [9.17, 15) is 23.6 Å². The van der Waals surface area contributed by atoms with Crippen molar-refractivity contribution in [2.45, 2.75) is 39.3 Å². The predicted molar refractivity (Wildman–Crippen MR) is 144 cm³/mol. The van der Waals surface area contributed by atoms with Crippen molar-refractivity contribution in [3.63, 3.8) is 0 Å². The van der Waals surface area contributed by atoms with Crippen molar-refractivity contribution in [3.8, 4) is 0 Å². The van der Waals surface area contributed by atoms with Crippen molar-refractivity contribution >= 4 is 40.7 Å². The number of likely N-dealkylation sites (N-methyl/N-ethyl adjacent to an activating group) is 1. The van der Waals surface area contributed by atoms with E-state index in [1.807, 2.05) is 13.8 Å². The standard InChI is InChI=1S/C26H30FN7O5/c1-15(2)12-19-23-22(16(27)13-28-19)31-20(32-23)14-34-11-7-9-18(25(34)37)29-24(36)17(30-26(38)39)8-5-6-10-21(35)33(3)4/h6-7,9-13,17,30H,5,8,14H2,1-4H3,(H,29,36)(H,31,32)(H,38,39). The third-order valence-corrected chi connectivity index (χ3v) is 5.51. The van der Waals surface area contributed by atoms with Gasteiger partial charge < -0.3 is 30.2 Å². The molecule has 0 saturated heterocycles. The summed E-state index contributed by atoms with van der Waals surface area (Å²) in [5, 5.41) is 13.7. The highest BCUT2D eigenvalue weighted by Gasteiger charge is 2.21. The molecule has 0 radical (unpaired) electrons. The Morgan fingerprint density at radius 3 is 2.69 bits per heavy atom. The molecule has 4 N–H and O–H groups in total. The molecule has 0 fully saturated rings. The summed E-state index contributed by atoms with van der Waals surface area (Å²) in [5.41, 5.74) is 1.31. The molecular weight excluding hydrogens is 509 g/mol. The molecule has 1 atom stereocenters. The molecule has 206 valence electrons. The average Bonchev–Trinajstić information content (AvgIpc) is 3.29. The monoisotopic (exact) mass is 539 g/mol. The summed E-state index contributed by atoms with van der Waals surface area (Å²) in [5.74, 6) is -1.29. The zero-order valence-electron chi connectivity index (χ0n) is 22.0. The smallest absolute Gasteiger partial charge is 0.405 e. The number of aromatic nitrogens is 4. The summed E-state index contributed by atoms with van der Waals surface area (Å²) in [6, 6.07) is 1.75. The van der Waals surface area contributed by atoms with E-state index in [0.717, 1.165) is 11.8 Å². The molecule has 3 amide bonds. The van der Waals surface area contributed by atoms with Gasteiger partial charge in [-0.1, -0.05) is 11.6 Å². The Hall–Kier alpha value is -4.81. The molecule has 0 spiro atoms. The molecule has 1 unspecified atom stereocenters. The number of nitrogens with zero attached hydrogens (tertiary/aromatic N) is 4. The molecule has 0 saturated carbocycles. The van der Waals surface area contributed by atoms with Crippen LogP contribution in [0.3, 0.4) is 0 Å². The predicted octanol–water partition coefficient (Wildman–Crippen LogP) is 2.73. The van der Waals surface area contributed by atoms with Gasteiger partial charge in [-0.15, -0.1) is 0 Å². The molecule has 39 heavy (non-hydrogen) atoms. The SMILES string of the molecule is CC(C)=Cc1ncc(F)c2nc(Cn3cccc(NC(=O)C(CCC=CC(=O)N(C)C)NC(=O)O)c3=O)[nH]c12. The quantitative estimate of drug-likeness (QED) is 0.288. The maximum Gasteiger partial charge on any atom is 0.405 e. The number of anilines is 1. The van der Waals surface area contributed by atoms with Gasteiger partial charge in [0, 0.05) is 20.3 Å². The first-order valence-corrected chi connectivity index (χ1v) is 12.0. The number of imidazole rings is 1. The summed E-state index contributed by atoms with van der Waals surface area (Å²) >= 11 is 0. The molecule has 3 aromatic heterocycles. The van der Waals surface area contributed by atoms with Gasteiger partial charge in [0.25, 0.3) is 5.56 Å². The second kappa shape index (κ2) is 12.6. The Balaban J connectivity index is 1.79. The zero-order chi connectivity index (χ0) is 28.7. The lowest BCUT2D eigenvalue weighted by atomic mass is 10.1. The molecule has 13 heteroatoms. The third-order valence-electron chi connectivity index (χ3n) is 5.51. The number of allylic oxidation sites excluding steroid dienone is 2. The number of amides is 3. The number of nitrogens with one attached hydrogen (secondary N) is 3. The Labute approximate surface area is 223 Å². The van der Waals surface area contributed by atoms with Crippen molar-refractivity contribution in [1.82, 2.24) is 29.7 Å². The molecule has 0 aliphatic heterocycles. The summed E-state index contributed by atoms with van der Waals surface area (Å²) in [6.45, 7) is 3.71. The average molecular weight is 540 g/mol. The fourth-order valence-corrected chi connectivity index (χ4v) is 3.64. The number of carboxylic acid groups (broad SMARTS) is 1. The first-order chi connectivity index (χ1) is 18.5. The number of rotatable bonds is 10. The highest BCUT2D eigenvalue weighted by atomic mass is 19.1. The van der Waals surface area contributed by atoms with Crippen LogP contribution in [-0.4, -0.2) is 67.6 Å². The number of pyridine rings is 2. The van der Waals surface area contributed by atoms with Crippen LogP contribution in [0.15, 0.2) is 47.0 Å². The molecule has 3 rings (SSSR count). The number of carbonyl (C=O) groups is 3.